The molecule has 32 heavy (non-hydrogen) atoms. The number of likely N-dealkylation sites (tertiary alicyclic amines) is 2. The number of imide groups is 1. The van der Waals surface area contributed by atoms with Gasteiger partial charge in [0.15, 0.2) is 0 Å². The van der Waals surface area contributed by atoms with Crippen LogP contribution in [0.2, 0.25) is 0 Å². The summed E-state index contributed by atoms with van der Waals surface area (Å²) in [5.41, 5.74) is 8.48. The number of hydrogen-bond donors (Lipinski definition) is 2. The fourth-order valence-electron chi connectivity index (χ4n) is 5.27. The average Bonchev–Trinajstić information content (AvgIpc) is 3.07. The fourth-order valence-corrected chi connectivity index (χ4v) is 5.27. The Morgan fingerprint density at radius 1 is 1.09 bits per heavy atom. The predicted molar refractivity (Wildman–Crippen MR) is 115 cm³/mol. The first kappa shape index (κ1) is 21.1. The Labute approximate surface area is 186 Å². The third kappa shape index (κ3) is 3.91. The van der Waals surface area contributed by atoms with Gasteiger partial charge in [0.2, 0.25) is 17.7 Å². The van der Waals surface area contributed by atoms with Crippen molar-refractivity contribution in [3.05, 3.63) is 34.9 Å². The molecule has 0 aliphatic carbocycles. The largest absolute Gasteiger partial charge is 0.339 e. The van der Waals surface area contributed by atoms with Crippen molar-refractivity contribution >= 4 is 23.6 Å². The summed E-state index contributed by atoms with van der Waals surface area (Å²) in [6.45, 7) is 4.27. The van der Waals surface area contributed by atoms with Crippen LogP contribution in [-0.2, 0) is 27.5 Å². The van der Waals surface area contributed by atoms with Gasteiger partial charge in [0.1, 0.15) is 6.04 Å². The number of benzene rings is 1. The van der Waals surface area contributed by atoms with E-state index in [0.29, 0.717) is 31.6 Å². The molecule has 4 aliphatic rings. The molecule has 1 unspecified atom stereocenters. The van der Waals surface area contributed by atoms with Crippen LogP contribution in [0, 0.1) is 5.92 Å². The smallest absolute Gasteiger partial charge is 0.255 e. The molecule has 4 amide bonds. The van der Waals surface area contributed by atoms with E-state index in [-0.39, 0.29) is 42.0 Å². The lowest BCUT2D eigenvalue weighted by Gasteiger charge is -2.41. The first-order valence-electron chi connectivity index (χ1n) is 11.4. The van der Waals surface area contributed by atoms with E-state index in [1.165, 1.54) is 0 Å². The Morgan fingerprint density at radius 3 is 2.53 bits per heavy atom. The highest BCUT2D eigenvalue weighted by Crippen LogP contribution is 2.29. The average molecular weight is 440 g/mol. The van der Waals surface area contributed by atoms with Gasteiger partial charge in [-0.15, -0.1) is 0 Å². The maximum Gasteiger partial charge on any atom is 0.255 e. The minimum Gasteiger partial charge on any atom is -0.339 e. The summed E-state index contributed by atoms with van der Waals surface area (Å²) < 4.78 is 0. The lowest BCUT2D eigenvalue weighted by atomic mass is 9.93. The van der Waals surface area contributed by atoms with Crippen LogP contribution in [0.4, 0.5) is 0 Å². The number of carbonyl (C=O) groups is 4. The van der Waals surface area contributed by atoms with Gasteiger partial charge in [0, 0.05) is 50.1 Å². The second-order valence-electron chi connectivity index (χ2n) is 9.45. The molecule has 3 N–H and O–H groups in total. The zero-order valence-corrected chi connectivity index (χ0v) is 18.1. The molecule has 1 aromatic carbocycles. The molecule has 9 heteroatoms. The van der Waals surface area contributed by atoms with Crippen molar-refractivity contribution in [2.24, 2.45) is 11.7 Å². The fraction of sp³-hybridized carbons (Fsp3) is 0.565. The van der Waals surface area contributed by atoms with Crippen LogP contribution in [0.5, 0.6) is 0 Å². The van der Waals surface area contributed by atoms with E-state index in [9.17, 15) is 19.2 Å². The Bertz CT molecular complexity index is 965. The van der Waals surface area contributed by atoms with Crippen LogP contribution in [-0.4, -0.2) is 76.6 Å². The van der Waals surface area contributed by atoms with E-state index in [0.717, 1.165) is 43.6 Å². The van der Waals surface area contributed by atoms with Gasteiger partial charge in [-0.05, 0) is 49.5 Å². The topological polar surface area (TPSA) is 116 Å². The number of nitrogens with zero attached hydrogens (tertiary/aromatic N) is 3. The second kappa shape index (κ2) is 8.29. The SMILES string of the molecule is NC1CN(C(=O)C2CCN(Cc3ccc4c(c3)CN(C3CCC(=O)NC3=O)C4=O)CC2)C1. The lowest BCUT2D eigenvalue weighted by Crippen LogP contribution is -2.59. The number of amides is 4. The summed E-state index contributed by atoms with van der Waals surface area (Å²) in [5.74, 6) is -0.475. The molecule has 9 nitrogen and oxygen atoms in total. The van der Waals surface area contributed by atoms with Crippen LogP contribution in [0.3, 0.4) is 0 Å². The van der Waals surface area contributed by atoms with Gasteiger partial charge >= 0.3 is 0 Å². The third-order valence-electron chi connectivity index (χ3n) is 7.15. The number of piperidine rings is 2. The standard InChI is InChI=1S/C23H29N5O4/c24-17-12-27(13-17)22(31)15-5-7-26(8-6-15)10-14-1-2-18-16(9-14)11-28(23(18)32)19-3-4-20(29)25-21(19)30/h1-2,9,15,17,19H,3-8,10-13,24H2,(H,25,29,30). The van der Waals surface area contributed by atoms with Crippen molar-refractivity contribution in [1.29, 1.82) is 0 Å². The molecule has 5 rings (SSSR count). The maximum atomic E-state index is 12.8. The molecule has 3 fully saturated rings. The maximum absolute atomic E-state index is 12.8. The highest BCUT2D eigenvalue weighted by molar-refractivity contribution is 6.05. The molecule has 1 aromatic rings. The summed E-state index contributed by atoms with van der Waals surface area (Å²) >= 11 is 0. The van der Waals surface area contributed by atoms with Crippen molar-refractivity contribution in [3.63, 3.8) is 0 Å². The summed E-state index contributed by atoms with van der Waals surface area (Å²) in [5, 5.41) is 2.34. The molecule has 0 spiro atoms. The number of rotatable bonds is 4. The summed E-state index contributed by atoms with van der Waals surface area (Å²) in [6, 6.07) is 5.42. The molecular weight excluding hydrogens is 410 g/mol. The van der Waals surface area contributed by atoms with Gasteiger partial charge in [0.25, 0.3) is 5.91 Å². The third-order valence-corrected chi connectivity index (χ3v) is 7.15. The van der Waals surface area contributed by atoms with E-state index < -0.39 is 6.04 Å². The normalized spacial score (nSPS) is 25.0. The van der Waals surface area contributed by atoms with Crippen molar-refractivity contribution in [1.82, 2.24) is 20.0 Å². The molecule has 0 radical (unpaired) electrons. The summed E-state index contributed by atoms with van der Waals surface area (Å²) in [4.78, 5) is 54.8. The van der Waals surface area contributed by atoms with Crippen LogP contribution < -0.4 is 11.1 Å². The van der Waals surface area contributed by atoms with Crippen LogP contribution in [0.15, 0.2) is 18.2 Å². The summed E-state index contributed by atoms with van der Waals surface area (Å²) in [7, 11) is 0. The van der Waals surface area contributed by atoms with Crippen molar-refractivity contribution < 1.29 is 19.2 Å². The molecule has 4 aliphatic heterocycles. The zero-order valence-electron chi connectivity index (χ0n) is 18.1. The number of nitrogens with one attached hydrogen (secondary N) is 1. The lowest BCUT2D eigenvalue weighted by molar-refractivity contribution is -0.141. The molecule has 170 valence electrons. The van der Waals surface area contributed by atoms with Crippen molar-refractivity contribution in [2.75, 3.05) is 26.2 Å². The Morgan fingerprint density at radius 2 is 1.84 bits per heavy atom. The number of nitrogens with two attached hydrogens (primary N) is 1. The zero-order chi connectivity index (χ0) is 22.4. The Hall–Kier alpha value is -2.78. The number of carbonyl (C=O) groups excluding carboxylic acids is 4. The Balaban J connectivity index is 1.18. The monoisotopic (exact) mass is 439 g/mol. The molecular formula is C23H29N5O4. The van der Waals surface area contributed by atoms with E-state index in [1.54, 1.807) is 4.90 Å². The van der Waals surface area contributed by atoms with E-state index >= 15 is 0 Å². The minimum absolute atomic E-state index is 0.0958. The van der Waals surface area contributed by atoms with Gasteiger partial charge in [-0.1, -0.05) is 12.1 Å². The summed E-state index contributed by atoms with van der Waals surface area (Å²) in [6.07, 6.45) is 2.34. The van der Waals surface area contributed by atoms with Crippen LogP contribution >= 0.6 is 0 Å². The Kier molecular flexibility index (Phi) is 5.46. The van der Waals surface area contributed by atoms with Gasteiger partial charge in [-0.25, -0.2) is 0 Å². The van der Waals surface area contributed by atoms with Crippen molar-refractivity contribution in [3.8, 4) is 0 Å². The molecule has 3 saturated heterocycles. The molecule has 0 bridgehead atoms. The van der Waals surface area contributed by atoms with Gasteiger partial charge in [-0.2, -0.15) is 0 Å². The molecule has 0 saturated carbocycles. The van der Waals surface area contributed by atoms with Gasteiger partial charge in [-0.3, -0.25) is 29.4 Å². The first-order valence-corrected chi connectivity index (χ1v) is 11.4. The van der Waals surface area contributed by atoms with E-state index in [4.69, 9.17) is 5.73 Å². The molecule has 1 atom stereocenters. The number of hydrogen-bond acceptors (Lipinski definition) is 6. The van der Waals surface area contributed by atoms with Crippen LogP contribution in [0.1, 0.15) is 47.2 Å². The molecule has 4 heterocycles. The second-order valence-corrected chi connectivity index (χ2v) is 9.45. The van der Waals surface area contributed by atoms with E-state index in [2.05, 4.69) is 16.3 Å². The quantitative estimate of drug-likeness (QED) is 0.630. The minimum atomic E-state index is -0.589. The highest BCUT2D eigenvalue weighted by Gasteiger charge is 2.39. The van der Waals surface area contributed by atoms with Crippen molar-refractivity contribution in [2.45, 2.75) is 50.9 Å². The molecule has 0 aromatic heterocycles. The predicted octanol–water partition coefficient (Wildman–Crippen LogP) is -0.171. The number of fused-ring (bicyclic) bond motifs is 1. The van der Waals surface area contributed by atoms with Gasteiger partial charge < -0.3 is 15.5 Å². The van der Waals surface area contributed by atoms with Crippen LogP contribution in [0.25, 0.3) is 0 Å². The first-order chi connectivity index (χ1) is 15.4. The highest BCUT2D eigenvalue weighted by atomic mass is 16.2. The van der Waals surface area contributed by atoms with Gasteiger partial charge in [0.05, 0.1) is 0 Å². The van der Waals surface area contributed by atoms with E-state index in [1.807, 2.05) is 17.0 Å².